The van der Waals surface area contributed by atoms with E-state index in [1.807, 2.05) is 6.92 Å². The Kier molecular flexibility index (Phi) is 6.65. The Hall–Kier alpha value is -2.60. The standard InChI is InChI=1S/C22H32N6O5S/c1-10-17-16(11(2)29)21(31)28(17)18(22(32)33)19(10)34-14-6-15(27(8-14)12(3)24)20(30)26-5-4-13(7-26)25-9-23/h9-11,13-17,24,29H,4-8H2,1-3H3,(H2,23,25)(H,32,33)/t10-,11-,13+,14+,15+,16-,17-/m1/s1. The number of amides is 2. The number of fused-ring (bicyclic) bond motifs is 1. The zero-order valence-electron chi connectivity index (χ0n) is 19.5. The predicted octanol–water partition coefficient (Wildman–Crippen LogP) is -0.0987. The Labute approximate surface area is 202 Å². The van der Waals surface area contributed by atoms with Crippen LogP contribution in [-0.2, 0) is 14.4 Å². The van der Waals surface area contributed by atoms with Crippen LogP contribution in [0, 0.1) is 17.2 Å². The van der Waals surface area contributed by atoms with Crippen LogP contribution < -0.4 is 5.73 Å². The zero-order valence-corrected chi connectivity index (χ0v) is 20.4. The van der Waals surface area contributed by atoms with Crippen molar-refractivity contribution >= 4 is 41.7 Å². The first-order chi connectivity index (χ1) is 16.1. The first-order valence-corrected chi connectivity index (χ1v) is 12.4. The molecule has 0 bridgehead atoms. The third kappa shape index (κ3) is 3.96. The first-order valence-electron chi connectivity index (χ1n) is 11.6. The number of amidine groups is 1. The molecule has 0 aromatic heterocycles. The fraction of sp³-hybridized carbons (Fsp3) is 0.682. The number of nitrogens with two attached hydrogens (primary N) is 1. The number of carbonyl (C=O) groups is 3. The van der Waals surface area contributed by atoms with Gasteiger partial charge < -0.3 is 30.6 Å². The highest BCUT2D eigenvalue weighted by atomic mass is 32.2. The molecule has 4 aliphatic heterocycles. The number of thioether (sulfide) groups is 1. The number of likely N-dealkylation sites (tertiary alicyclic amines) is 2. The van der Waals surface area contributed by atoms with E-state index in [4.69, 9.17) is 11.1 Å². The number of carboxylic acids is 1. The van der Waals surface area contributed by atoms with Crippen molar-refractivity contribution in [1.82, 2.24) is 14.7 Å². The lowest BCUT2D eigenvalue weighted by Gasteiger charge is -2.46. The van der Waals surface area contributed by atoms with Gasteiger partial charge in [-0.2, -0.15) is 0 Å². The van der Waals surface area contributed by atoms with E-state index in [9.17, 15) is 24.6 Å². The van der Waals surface area contributed by atoms with Gasteiger partial charge in [0.25, 0.3) is 0 Å². The molecule has 186 valence electrons. The molecule has 7 atom stereocenters. The molecular formula is C22H32N6O5S. The van der Waals surface area contributed by atoms with E-state index >= 15 is 0 Å². The third-order valence-corrected chi connectivity index (χ3v) is 8.85. The van der Waals surface area contributed by atoms with Gasteiger partial charge >= 0.3 is 5.97 Å². The number of aliphatic carboxylic acids is 1. The molecule has 4 aliphatic rings. The second-order valence-electron chi connectivity index (χ2n) is 9.53. The monoisotopic (exact) mass is 492 g/mol. The quantitative estimate of drug-likeness (QED) is 0.227. The zero-order chi connectivity index (χ0) is 24.9. The van der Waals surface area contributed by atoms with Gasteiger partial charge in [-0.3, -0.25) is 20.0 Å². The average molecular weight is 493 g/mol. The molecule has 0 spiro atoms. The fourth-order valence-corrected chi connectivity index (χ4v) is 7.27. The van der Waals surface area contributed by atoms with Gasteiger partial charge in [-0.05, 0) is 26.7 Å². The summed E-state index contributed by atoms with van der Waals surface area (Å²) in [6, 6.07) is -0.878. The van der Waals surface area contributed by atoms with Crippen LogP contribution in [-0.4, -0.2) is 104 Å². The number of rotatable bonds is 6. The van der Waals surface area contributed by atoms with Gasteiger partial charge in [-0.1, -0.05) is 6.92 Å². The largest absolute Gasteiger partial charge is 0.477 e. The summed E-state index contributed by atoms with van der Waals surface area (Å²) in [4.78, 5) is 47.6. The number of aliphatic hydroxyl groups excluding tert-OH is 1. The molecule has 34 heavy (non-hydrogen) atoms. The Morgan fingerprint density at radius 2 is 2.06 bits per heavy atom. The SMILES string of the molecule is CC(=N)N1C[C@@H](SC2=C(C(=O)O)N3C(=O)[C@H]([C@@H](C)O)[C@H]3[C@H]2C)C[C@H]1C(=O)N1CC[C@H](N=CN)C1. The van der Waals surface area contributed by atoms with Crippen molar-refractivity contribution in [3.63, 3.8) is 0 Å². The highest BCUT2D eigenvalue weighted by molar-refractivity contribution is 8.03. The number of hydrogen-bond donors (Lipinski definition) is 4. The summed E-state index contributed by atoms with van der Waals surface area (Å²) in [5.41, 5.74) is 5.38. The number of carboxylic acid groups (broad SMARTS) is 1. The number of aliphatic imine (C=N–C) groups is 1. The maximum absolute atomic E-state index is 13.3. The highest BCUT2D eigenvalue weighted by Crippen LogP contribution is 2.52. The summed E-state index contributed by atoms with van der Waals surface area (Å²) in [6.45, 7) is 6.61. The normalized spacial score (nSPS) is 34.1. The van der Waals surface area contributed by atoms with Crippen molar-refractivity contribution in [2.45, 2.75) is 63.1 Å². The van der Waals surface area contributed by atoms with Crippen LogP contribution in [0.15, 0.2) is 15.6 Å². The van der Waals surface area contributed by atoms with E-state index in [-0.39, 0.29) is 46.6 Å². The molecule has 12 heteroatoms. The minimum atomic E-state index is -1.16. The van der Waals surface area contributed by atoms with Crippen LogP contribution in [0.2, 0.25) is 0 Å². The Bertz CT molecular complexity index is 967. The van der Waals surface area contributed by atoms with Gasteiger partial charge in [0.2, 0.25) is 11.8 Å². The topological polar surface area (TPSA) is 164 Å². The van der Waals surface area contributed by atoms with Crippen LogP contribution in [0.4, 0.5) is 0 Å². The number of hydrogen-bond acceptors (Lipinski definition) is 7. The minimum Gasteiger partial charge on any atom is -0.477 e. The molecule has 0 aromatic rings. The highest BCUT2D eigenvalue weighted by Gasteiger charge is 2.60. The maximum atomic E-state index is 13.3. The lowest BCUT2D eigenvalue weighted by atomic mass is 9.79. The molecule has 3 fully saturated rings. The Morgan fingerprint density at radius 1 is 1.35 bits per heavy atom. The molecule has 0 unspecified atom stereocenters. The fourth-order valence-electron chi connectivity index (χ4n) is 5.74. The van der Waals surface area contributed by atoms with Crippen LogP contribution in [0.1, 0.15) is 33.6 Å². The summed E-state index contributed by atoms with van der Waals surface area (Å²) in [7, 11) is 0. The summed E-state index contributed by atoms with van der Waals surface area (Å²) in [5, 5.41) is 28.0. The van der Waals surface area contributed by atoms with E-state index in [2.05, 4.69) is 4.99 Å². The summed E-state index contributed by atoms with van der Waals surface area (Å²) >= 11 is 1.39. The molecular weight excluding hydrogens is 460 g/mol. The van der Waals surface area contributed by atoms with E-state index in [0.29, 0.717) is 31.0 Å². The van der Waals surface area contributed by atoms with Crippen molar-refractivity contribution in [2.75, 3.05) is 19.6 Å². The second-order valence-corrected chi connectivity index (χ2v) is 10.9. The van der Waals surface area contributed by atoms with Gasteiger partial charge in [-0.25, -0.2) is 4.79 Å². The van der Waals surface area contributed by atoms with E-state index in [0.717, 1.165) is 6.42 Å². The molecule has 0 radical (unpaired) electrons. The van der Waals surface area contributed by atoms with Crippen LogP contribution >= 0.6 is 11.8 Å². The summed E-state index contributed by atoms with van der Waals surface area (Å²) in [5.74, 6) is -2.13. The molecule has 5 N–H and O–H groups in total. The molecule has 4 heterocycles. The van der Waals surface area contributed by atoms with Crippen molar-refractivity contribution in [2.24, 2.45) is 22.6 Å². The first kappa shape index (κ1) is 24.5. The van der Waals surface area contributed by atoms with Gasteiger partial charge in [-0.15, -0.1) is 11.8 Å². The number of nitrogens with zero attached hydrogens (tertiary/aromatic N) is 4. The van der Waals surface area contributed by atoms with Gasteiger partial charge in [0, 0.05) is 35.7 Å². The number of nitrogens with one attached hydrogen (secondary N) is 1. The smallest absolute Gasteiger partial charge is 0.353 e. The molecule has 0 aliphatic carbocycles. The minimum absolute atomic E-state index is 0.0124. The van der Waals surface area contributed by atoms with E-state index in [1.54, 1.807) is 23.6 Å². The van der Waals surface area contributed by atoms with E-state index in [1.165, 1.54) is 23.0 Å². The Morgan fingerprint density at radius 3 is 2.65 bits per heavy atom. The van der Waals surface area contributed by atoms with Crippen LogP contribution in [0.25, 0.3) is 0 Å². The molecule has 0 aromatic carbocycles. The van der Waals surface area contributed by atoms with Gasteiger partial charge in [0.15, 0.2) is 0 Å². The second kappa shape index (κ2) is 9.21. The van der Waals surface area contributed by atoms with Crippen molar-refractivity contribution in [1.29, 1.82) is 5.41 Å². The number of β-lactam (4-membered cyclic amide) rings is 1. The molecule has 0 saturated carbocycles. The Balaban J connectivity index is 1.52. The predicted molar refractivity (Wildman–Crippen MR) is 127 cm³/mol. The van der Waals surface area contributed by atoms with E-state index < -0.39 is 24.0 Å². The van der Waals surface area contributed by atoms with Crippen molar-refractivity contribution in [3.8, 4) is 0 Å². The maximum Gasteiger partial charge on any atom is 0.353 e. The summed E-state index contributed by atoms with van der Waals surface area (Å²) in [6.07, 6.45) is 1.63. The lowest BCUT2D eigenvalue weighted by molar-refractivity contribution is -0.163. The van der Waals surface area contributed by atoms with Crippen molar-refractivity contribution in [3.05, 3.63) is 10.6 Å². The summed E-state index contributed by atoms with van der Waals surface area (Å²) < 4.78 is 0. The number of aliphatic hydroxyl groups is 1. The molecule has 4 rings (SSSR count). The van der Waals surface area contributed by atoms with Crippen molar-refractivity contribution < 1.29 is 24.6 Å². The third-order valence-electron chi connectivity index (χ3n) is 7.36. The number of carbonyl (C=O) groups excluding carboxylic acids is 2. The average Bonchev–Trinajstić information content (AvgIpc) is 3.45. The van der Waals surface area contributed by atoms with Crippen LogP contribution in [0.3, 0.4) is 0 Å². The van der Waals surface area contributed by atoms with Crippen LogP contribution in [0.5, 0.6) is 0 Å². The lowest BCUT2D eigenvalue weighted by Crippen LogP contribution is -2.63. The van der Waals surface area contributed by atoms with Gasteiger partial charge in [0.05, 0.1) is 36.3 Å². The molecule has 11 nitrogen and oxygen atoms in total. The molecule has 3 saturated heterocycles. The molecule has 2 amide bonds. The van der Waals surface area contributed by atoms with Gasteiger partial charge in [0.1, 0.15) is 11.7 Å².